The zero-order chi connectivity index (χ0) is 12.6. The molecule has 0 amide bonds. The van der Waals surface area contributed by atoms with Gasteiger partial charge < -0.3 is 15.0 Å². The molecule has 0 unspecified atom stereocenters. The zero-order valence-electron chi connectivity index (χ0n) is 11.4. The molecule has 1 aromatic heterocycles. The predicted molar refractivity (Wildman–Crippen MR) is 72.5 cm³/mol. The minimum atomic E-state index is 0.535. The Balaban J connectivity index is 1.47. The average molecular weight is 251 g/mol. The molecule has 18 heavy (non-hydrogen) atoms. The fraction of sp³-hybridized carbons (Fsp3) is 0.786. The van der Waals surface area contributed by atoms with Crippen LogP contribution in [0, 0.1) is 6.92 Å². The maximum absolute atomic E-state index is 5.88. The quantitative estimate of drug-likeness (QED) is 0.732. The third kappa shape index (κ3) is 4.42. The van der Waals surface area contributed by atoms with E-state index in [9.17, 15) is 0 Å². The van der Waals surface area contributed by atoms with Crippen molar-refractivity contribution in [1.82, 2.24) is 15.3 Å². The van der Waals surface area contributed by atoms with Crippen LogP contribution in [-0.4, -0.2) is 29.2 Å². The summed E-state index contributed by atoms with van der Waals surface area (Å²) >= 11 is 0. The second kappa shape index (κ2) is 7.54. The van der Waals surface area contributed by atoms with Gasteiger partial charge in [0.1, 0.15) is 0 Å². The predicted octanol–water partition coefficient (Wildman–Crippen LogP) is 2.55. The minimum Gasteiger partial charge on any atom is -0.378 e. The molecule has 0 spiro atoms. The summed E-state index contributed by atoms with van der Waals surface area (Å²) in [5, 5.41) is 3.40. The van der Waals surface area contributed by atoms with E-state index >= 15 is 0 Å². The van der Waals surface area contributed by atoms with Crippen LogP contribution in [0.5, 0.6) is 0 Å². The molecular weight excluding hydrogens is 226 g/mol. The van der Waals surface area contributed by atoms with E-state index in [1.807, 2.05) is 0 Å². The molecule has 0 bridgehead atoms. The van der Waals surface area contributed by atoms with Crippen LogP contribution in [0.3, 0.4) is 0 Å². The van der Waals surface area contributed by atoms with Gasteiger partial charge in [-0.1, -0.05) is 19.3 Å². The number of imidazole rings is 1. The molecule has 0 atom stereocenters. The van der Waals surface area contributed by atoms with Gasteiger partial charge in [-0.3, -0.25) is 0 Å². The fourth-order valence-corrected chi connectivity index (χ4v) is 2.45. The van der Waals surface area contributed by atoms with E-state index in [4.69, 9.17) is 4.74 Å². The molecule has 4 heteroatoms. The minimum absolute atomic E-state index is 0.535. The van der Waals surface area contributed by atoms with E-state index < -0.39 is 0 Å². The molecule has 0 aromatic carbocycles. The maximum Gasteiger partial charge on any atom is 0.0925 e. The highest BCUT2D eigenvalue weighted by molar-refractivity contribution is 5.07. The lowest BCUT2D eigenvalue weighted by atomic mass is 9.98. The normalized spacial score (nSPS) is 17.2. The Hall–Kier alpha value is -0.870. The summed E-state index contributed by atoms with van der Waals surface area (Å²) in [7, 11) is 0. The largest absolute Gasteiger partial charge is 0.378 e. The molecule has 0 saturated heterocycles. The number of H-pyrrole nitrogens is 1. The highest BCUT2D eigenvalue weighted by Crippen LogP contribution is 2.20. The number of nitrogens with zero attached hydrogens (tertiary/aromatic N) is 1. The van der Waals surface area contributed by atoms with Gasteiger partial charge in [-0.15, -0.1) is 0 Å². The number of hydrogen-bond donors (Lipinski definition) is 2. The zero-order valence-corrected chi connectivity index (χ0v) is 11.4. The fourth-order valence-electron chi connectivity index (χ4n) is 2.45. The molecule has 0 radical (unpaired) electrons. The van der Waals surface area contributed by atoms with Crippen LogP contribution in [0.2, 0.25) is 0 Å². The van der Waals surface area contributed by atoms with Crippen molar-refractivity contribution in [2.45, 2.75) is 58.1 Å². The van der Waals surface area contributed by atoms with Crippen LogP contribution in [-0.2, 0) is 11.3 Å². The van der Waals surface area contributed by atoms with Gasteiger partial charge in [-0.2, -0.15) is 0 Å². The summed E-state index contributed by atoms with van der Waals surface area (Å²) in [4.78, 5) is 7.35. The average Bonchev–Trinajstić information content (AvgIpc) is 2.81. The number of nitrogens with one attached hydrogen (secondary N) is 2. The van der Waals surface area contributed by atoms with Crippen molar-refractivity contribution in [3.05, 3.63) is 17.7 Å². The molecule has 1 saturated carbocycles. The highest BCUT2D eigenvalue weighted by atomic mass is 16.5. The lowest BCUT2D eigenvalue weighted by molar-refractivity contribution is 0.0273. The first-order valence-corrected chi connectivity index (χ1v) is 7.17. The first kappa shape index (κ1) is 13.6. The van der Waals surface area contributed by atoms with Crippen molar-refractivity contribution in [1.29, 1.82) is 0 Å². The first-order valence-electron chi connectivity index (χ1n) is 7.17. The number of aromatic amines is 1. The van der Waals surface area contributed by atoms with Crippen molar-refractivity contribution in [3.8, 4) is 0 Å². The van der Waals surface area contributed by atoms with Crippen LogP contribution in [0.15, 0.2) is 6.33 Å². The Bertz CT molecular complexity index is 332. The molecule has 4 nitrogen and oxygen atoms in total. The van der Waals surface area contributed by atoms with Gasteiger partial charge in [0.2, 0.25) is 0 Å². The third-order valence-electron chi connectivity index (χ3n) is 3.63. The summed E-state index contributed by atoms with van der Waals surface area (Å²) in [6, 6.07) is 0. The molecular formula is C14H25N3O. The van der Waals surface area contributed by atoms with Crippen LogP contribution < -0.4 is 5.32 Å². The second-order valence-electron chi connectivity index (χ2n) is 5.14. The van der Waals surface area contributed by atoms with Gasteiger partial charge in [-0.05, 0) is 32.7 Å². The van der Waals surface area contributed by atoms with Gasteiger partial charge >= 0.3 is 0 Å². The summed E-state index contributed by atoms with van der Waals surface area (Å²) in [6.45, 7) is 4.78. The van der Waals surface area contributed by atoms with Crippen LogP contribution in [0.4, 0.5) is 0 Å². The monoisotopic (exact) mass is 251 g/mol. The van der Waals surface area contributed by atoms with Gasteiger partial charge in [0.05, 0.1) is 18.1 Å². The smallest absolute Gasteiger partial charge is 0.0925 e. The highest BCUT2D eigenvalue weighted by Gasteiger charge is 2.12. The molecule has 0 aliphatic heterocycles. The molecule has 2 rings (SSSR count). The summed E-state index contributed by atoms with van der Waals surface area (Å²) in [5.74, 6) is 0. The summed E-state index contributed by atoms with van der Waals surface area (Å²) in [5.41, 5.74) is 2.27. The molecule has 1 aromatic rings. The van der Waals surface area contributed by atoms with E-state index in [-0.39, 0.29) is 0 Å². The molecule has 1 aliphatic carbocycles. The number of rotatable bonds is 7. The van der Waals surface area contributed by atoms with Gasteiger partial charge in [0.15, 0.2) is 0 Å². The maximum atomic E-state index is 5.88. The van der Waals surface area contributed by atoms with Crippen molar-refractivity contribution >= 4 is 0 Å². The number of aromatic nitrogens is 2. The van der Waals surface area contributed by atoms with E-state index in [1.54, 1.807) is 6.33 Å². The lowest BCUT2D eigenvalue weighted by Crippen LogP contribution is -2.21. The Morgan fingerprint density at radius 2 is 2.22 bits per heavy atom. The van der Waals surface area contributed by atoms with E-state index in [0.717, 1.165) is 37.5 Å². The van der Waals surface area contributed by atoms with Crippen molar-refractivity contribution in [3.63, 3.8) is 0 Å². The Morgan fingerprint density at radius 1 is 1.39 bits per heavy atom. The molecule has 102 valence electrons. The van der Waals surface area contributed by atoms with E-state index in [1.165, 1.54) is 32.1 Å². The molecule has 1 aliphatic rings. The number of hydrogen-bond acceptors (Lipinski definition) is 3. The Morgan fingerprint density at radius 3 is 2.94 bits per heavy atom. The number of ether oxygens (including phenoxy) is 1. The van der Waals surface area contributed by atoms with Crippen molar-refractivity contribution in [2.75, 3.05) is 13.2 Å². The van der Waals surface area contributed by atoms with Crippen LogP contribution >= 0.6 is 0 Å². The molecule has 1 fully saturated rings. The van der Waals surface area contributed by atoms with E-state index in [2.05, 4.69) is 22.2 Å². The lowest BCUT2D eigenvalue weighted by Gasteiger charge is -2.21. The van der Waals surface area contributed by atoms with Gasteiger partial charge in [-0.25, -0.2) is 4.98 Å². The standard InChI is InChI=1S/C14H25N3O/c1-12-14(17-11-16-12)10-15-8-5-9-18-13-6-3-2-4-7-13/h11,13,15H,2-10H2,1H3,(H,16,17). The second-order valence-corrected chi connectivity index (χ2v) is 5.14. The Kier molecular flexibility index (Phi) is 5.68. The summed E-state index contributed by atoms with van der Waals surface area (Å²) < 4.78 is 5.88. The molecule has 1 heterocycles. The van der Waals surface area contributed by atoms with Crippen molar-refractivity contribution < 1.29 is 4.74 Å². The van der Waals surface area contributed by atoms with Gasteiger partial charge in [0.25, 0.3) is 0 Å². The SMILES string of the molecule is Cc1[nH]cnc1CNCCCOC1CCCCC1. The van der Waals surface area contributed by atoms with Gasteiger partial charge in [0, 0.05) is 18.8 Å². The molecule has 2 N–H and O–H groups in total. The third-order valence-corrected chi connectivity index (χ3v) is 3.63. The van der Waals surface area contributed by atoms with E-state index in [0.29, 0.717) is 6.10 Å². The number of aryl methyl sites for hydroxylation is 1. The first-order chi connectivity index (χ1) is 8.86. The Labute approximate surface area is 110 Å². The van der Waals surface area contributed by atoms with Crippen molar-refractivity contribution in [2.24, 2.45) is 0 Å². The van der Waals surface area contributed by atoms with Crippen LogP contribution in [0.25, 0.3) is 0 Å². The summed E-state index contributed by atoms with van der Waals surface area (Å²) in [6.07, 6.45) is 9.98. The topological polar surface area (TPSA) is 49.9 Å². The van der Waals surface area contributed by atoms with Crippen LogP contribution in [0.1, 0.15) is 49.9 Å².